The molecule has 0 aliphatic heterocycles. The molecule has 3 aromatic rings. The van der Waals surface area contributed by atoms with Gasteiger partial charge in [0.25, 0.3) is 5.91 Å². The Kier molecular flexibility index (Phi) is 3.71. The molecule has 4 heteroatoms. The van der Waals surface area contributed by atoms with E-state index in [0.29, 0.717) is 17.1 Å². The fourth-order valence-electron chi connectivity index (χ4n) is 2.28. The third kappa shape index (κ3) is 2.67. The fourth-order valence-corrected chi connectivity index (χ4v) is 3.30. The van der Waals surface area contributed by atoms with E-state index in [2.05, 4.69) is 0 Å². The summed E-state index contributed by atoms with van der Waals surface area (Å²) in [6.45, 7) is 2.45. The highest BCUT2D eigenvalue weighted by molar-refractivity contribution is 7.20. The lowest BCUT2D eigenvalue weighted by Gasteiger charge is -2.20. The first-order valence-corrected chi connectivity index (χ1v) is 7.56. The molecule has 1 aromatic heterocycles. The molecule has 21 heavy (non-hydrogen) atoms. The largest absolute Gasteiger partial charge is 0.308 e. The van der Waals surface area contributed by atoms with Crippen molar-refractivity contribution in [3.8, 4) is 0 Å². The number of rotatable bonds is 3. The van der Waals surface area contributed by atoms with E-state index in [1.54, 1.807) is 17.0 Å². The van der Waals surface area contributed by atoms with Gasteiger partial charge in [-0.25, -0.2) is 4.39 Å². The van der Waals surface area contributed by atoms with Gasteiger partial charge in [0.2, 0.25) is 0 Å². The maximum atomic E-state index is 13.0. The normalized spacial score (nSPS) is 10.8. The molecule has 0 aliphatic rings. The summed E-state index contributed by atoms with van der Waals surface area (Å²) in [5.41, 5.74) is 0.710. The zero-order chi connectivity index (χ0) is 14.8. The third-order valence-corrected chi connectivity index (χ3v) is 4.44. The third-order valence-electron chi connectivity index (χ3n) is 3.34. The summed E-state index contributed by atoms with van der Waals surface area (Å²) < 4.78 is 14.1. The second kappa shape index (κ2) is 5.66. The molecule has 0 saturated heterocycles. The summed E-state index contributed by atoms with van der Waals surface area (Å²) in [5.74, 6) is -0.352. The number of hydrogen-bond donors (Lipinski definition) is 0. The number of benzene rings is 2. The number of anilines is 1. The number of carbonyl (C=O) groups excluding carboxylic acids is 1. The quantitative estimate of drug-likeness (QED) is 0.686. The Morgan fingerprint density at radius 2 is 1.86 bits per heavy atom. The van der Waals surface area contributed by atoms with Gasteiger partial charge in [-0.2, -0.15) is 0 Å². The zero-order valence-electron chi connectivity index (χ0n) is 11.5. The van der Waals surface area contributed by atoms with Crippen molar-refractivity contribution >= 4 is 33.0 Å². The molecule has 0 N–H and O–H groups in total. The summed E-state index contributed by atoms with van der Waals surface area (Å²) >= 11 is 1.48. The summed E-state index contributed by atoms with van der Waals surface area (Å²) in [4.78, 5) is 15.0. The fraction of sp³-hybridized carbons (Fsp3) is 0.118. The average molecular weight is 299 g/mol. The smallest absolute Gasteiger partial charge is 0.268 e. The number of fused-ring (bicyclic) bond motifs is 1. The zero-order valence-corrected chi connectivity index (χ0v) is 12.4. The Bertz CT molecular complexity index is 746. The topological polar surface area (TPSA) is 20.3 Å². The highest BCUT2D eigenvalue weighted by Crippen LogP contribution is 2.27. The summed E-state index contributed by atoms with van der Waals surface area (Å²) in [5, 5.41) is 1.07. The molecule has 2 nitrogen and oxygen atoms in total. The van der Waals surface area contributed by atoms with Crippen LogP contribution in [-0.2, 0) is 0 Å². The minimum atomic E-state index is -0.302. The van der Waals surface area contributed by atoms with Crippen LogP contribution < -0.4 is 4.90 Å². The summed E-state index contributed by atoms with van der Waals surface area (Å²) in [6, 6.07) is 15.8. The van der Waals surface area contributed by atoms with E-state index in [4.69, 9.17) is 0 Å². The van der Waals surface area contributed by atoms with Crippen molar-refractivity contribution < 1.29 is 9.18 Å². The van der Waals surface area contributed by atoms with Crippen molar-refractivity contribution in [2.45, 2.75) is 6.92 Å². The van der Waals surface area contributed by atoms with Crippen molar-refractivity contribution in [1.29, 1.82) is 0 Å². The standard InChI is InChI=1S/C17H14FNOS/c1-2-19(14-9-7-13(18)8-10-14)17(20)16-11-12-5-3-4-6-15(12)21-16/h3-11H,2H2,1H3. The summed E-state index contributed by atoms with van der Waals surface area (Å²) in [7, 11) is 0. The molecule has 1 heterocycles. The molecule has 3 rings (SSSR count). The molecule has 0 radical (unpaired) electrons. The monoisotopic (exact) mass is 299 g/mol. The molecular formula is C17H14FNOS. The molecule has 106 valence electrons. The number of nitrogens with zero attached hydrogens (tertiary/aromatic N) is 1. The Hall–Kier alpha value is -2.20. The number of carbonyl (C=O) groups is 1. The highest BCUT2D eigenvalue weighted by Gasteiger charge is 2.18. The van der Waals surface area contributed by atoms with Gasteiger partial charge in [-0.1, -0.05) is 18.2 Å². The van der Waals surface area contributed by atoms with Crippen LogP contribution in [0, 0.1) is 5.82 Å². The maximum Gasteiger partial charge on any atom is 0.268 e. The number of amides is 1. The van der Waals surface area contributed by atoms with Crippen LogP contribution in [0.5, 0.6) is 0 Å². The highest BCUT2D eigenvalue weighted by atomic mass is 32.1. The molecule has 0 bridgehead atoms. The van der Waals surface area contributed by atoms with E-state index < -0.39 is 0 Å². The van der Waals surface area contributed by atoms with E-state index in [9.17, 15) is 9.18 Å². The van der Waals surface area contributed by atoms with Gasteiger partial charge in [0.15, 0.2) is 0 Å². The van der Waals surface area contributed by atoms with Crippen LogP contribution in [0.25, 0.3) is 10.1 Å². The molecule has 2 aromatic carbocycles. The lowest BCUT2D eigenvalue weighted by molar-refractivity contribution is 0.0992. The Labute approximate surface area is 126 Å². The second-order valence-electron chi connectivity index (χ2n) is 4.67. The maximum absolute atomic E-state index is 13.0. The van der Waals surface area contributed by atoms with Gasteiger partial charge in [-0.15, -0.1) is 11.3 Å². The van der Waals surface area contributed by atoms with Crippen LogP contribution in [0.1, 0.15) is 16.6 Å². The molecule has 0 fully saturated rings. The van der Waals surface area contributed by atoms with E-state index in [1.165, 1.54) is 23.5 Å². The van der Waals surface area contributed by atoms with E-state index in [-0.39, 0.29) is 11.7 Å². The predicted octanol–water partition coefficient (Wildman–Crippen LogP) is 4.71. The van der Waals surface area contributed by atoms with Crippen molar-refractivity contribution in [2.24, 2.45) is 0 Å². The first-order chi connectivity index (χ1) is 10.2. The van der Waals surface area contributed by atoms with Gasteiger partial charge in [0.1, 0.15) is 5.82 Å². The molecule has 0 saturated carbocycles. The number of thiophene rings is 1. The minimum Gasteiger partial charge on any atom is -0.308 e. The molecular weight excluding hydrogens is 285 g/mol. The number of halogens is 1. The van der Waals surface area contributed by atoms with Gasteiger partial charge in [-0.05, 0) is 48.7 Å². The van der Waals surface area contributed by atoms with Crippen molar-refractivity contribution in [1.82, 2.24) is 0 Å². The van der Waals surface area contributed by atoms with Crippen LogP contribution in [0.15, 0.2) is 54.6 Å². The van der Waals surface area contributed by atoms with Crippen LogP contribution in [0.2, 0.25) is 0 Å². The van der Waals surface area contributed by atoms with Crippen molar-refractivity contribution in [3.63, 3.8) is 0 Å². The van der Waals surface area contributed by atoms with Crippen LogP contribution in [0.3, 0.4) is 0 Å². The van der Waals surface area contributed by atoms with Crippen molar-refractivity contribution in [3.05, 3.63) is 65.3 Å². The van der Waals surface area contributed by atoms with E-state index >= 15 is 0 Å². The van der Waals surface area contributed by atoms with Crippen LogP contribution in [-0.4, -0.2) is 12.5 Å². The van der Waals surface area contributed by atoms with Gasteiger partial charge >= 0.3 is 0 Å². The molecule has 0 aliphatic carbocycles. The predicted molar refractivity (Wildman–Crippen MR) is 85.6 cm³/mol. The minimum absolute atomic E-state index is 0.0506. The van der Waals surface area contributed by atoms with Gasteiger partial charge < -0.3 is 4.90 Å². The lowest BCUT2D eigenvalue weighted by atomic mass is 10.2. The van der Waals surface area contributed by atoms with Crippen molar-refractivity contribution in [2.75, 3.05) is 11.4 Å². The first-order valence-electron chi connectivity index (χ1n) is 6.75. The van der Waals surface area contributed by atoms with E-state index in [0.717, 1.165) is 10.1 Å². The van der Waals surface area contributed by atoms with Gasteiger partial charge in [0.05, 0.1) is 4.88 Å². The van der Waals surface area contributed by atoms with Gasteiger partial charge in [0, 0.05) is 16.9 Å². The molecule has 1 amide bonds. The molecule has 0 unspecified atom stereocenters. The second-order valence-corrected chi connectivity index (χ2v) is 5.76. The summed E-state index contributed by atoms with van der Waals surface area (Å²) in [6.07, 6.45) is 0. The lowest BCUT2D eigenvalue weighted by Crippen LogP contribution is -2.29. The Morgan fingerprint density at radius 3 is 2.52 bits per heavy atom. The van der Waals surface area contributed by atoms with Crippen LogP contribution >= 0.6 is 11.3 Å². The van der Waals surface area contributed by atoms with Gasteiger partial charge in [-0.3, -0.25) is 4.79 Å². The van der Waals surface area contributed by atoms with Crippen LogP contribution in [0.4, 0.5) is 10.1 Å². The Morgan fingerprint density at radius 1 is 1.14 bits per heavy atom. The molecule has 0 atom stereocenters. The Balaban J connectivity index is 1.96. The molecule has 0 spiro atoms. The van der Waals surface area contributed by atoms with E-state index in [1.807, 2.05) is 37.3 Å². The first kappa shape index (κ1) is 13.8. The SMILES string of the molecule is CCN(C(=O)c1cc2ccccc2s1)c1ccc(F)cc1. The average Bonchev–Trinajstić information content (AvgIpc) is 2.93. The number of hydrogen-bond acceptors (Lipinski definition) is 2.